The van der Waals surface area contributed by atoms with Gasteiger partial charge < -0.3 is 10.6 Å². The SMILES string of the molecule is CC1CNCCC1CNC(=O)Cc1cccc(F)c1F. The fraction of sp³-hybridized carbons (Fsp3) is 0.533. The van der Waals surface area contributed by atoms with E-state index in [-0.39, 0.29) is 17.9 Å². The number of halogens is 2. The van der Waals surface area contributed by atoms with Crippen LogP contribution in [0.15, 0.2) is 18.2 Å². The van der Waals surface area contributed by atoms with E-state index in [1.165, 1.54) is 12.1 Å². The quantitative estimate of drug-likeness (QED) is 0.885. The van der Waals surface area contributed by atoms with Crippen molar-refractivity contribution in [3.63, 3.8) is 0 Å². The highest BCUT2D eigenvalue weighted by Gasteiger charge is 2.21. The first-order valence-electron chi connectivity index (χ1n) is 6.98. The van der Waals surface area contributed by atoms with Crippen LogP contribution in [0.5, 0.6) is 0 Å². The molecule has 0 spiro atoms. The Morgan fingerprint density at radius 1 is 1.45 bits per heavy atom. The molecule has 0 aromatic heterocycles. The van der Waals surface area contributed by atoms with Crippen molar-refractivity contribution in [2.45, 2.75) is 19.8 Å². The molecule has 1 heterocycles. The first kappa shape index (κ1) is 14.9. The maximum atomic E-state index is 13.5. The predicted molar refractivity (Wildman–Crippen MR) is 73.2 cm³/mol. The summed E-state index contributed by atoms with van der Waals surface area (Å²) in [5.74, 6) is -1.16. The first-order chi connectivity index (χ1) is 9.58. The average molecular weight is 282 g/mol. The third-order valence-corrected chi connectivity index (χ3v) is 3.91. The molecule has 1 aliphatic rings. The highest BCUT2D eigenvalue weighted by Crippen LogP contribution is 2.17. The molecule has 0 aliphatic carbocycles. The molecule has 3 nitrogen and oxygen atoms in total. The van der Waals surface area contributed by atoms with Crippen LogP contribution in [0.3, 0.4) is 0 Å². The van der Waals surface area contributed by atoms with Crippen molar-refractivity contribution in [1.82, 2.24) is 10.6 Å². The van der Waals surface area contributed by atoms with Crippen LogP contribution in [-0.2, 0) is 11.2 Å². The Hall–Kier alpha value is -1.49. The lowest BCUT2D eigenvalue weighted by molar-refractivity contribution is -0.120. The summed E-state index contributed by atoms with van der Waals surface area (Å²) in [6, 6.07) is 3.90. The molecule has 1 fully saturated rings. The van der Waals surface area contributed by atoms with Gasteiger partial charge in [0.15, 0.2) is 11.6 Å². The molecular weight excluding hydrogens is 262 g/mol. The maximum Gasteiger partial charge on any atom is 0.224 e. The molecule has 2 rings (SSSR count). The topological polar surface area (TPSA) is 41.1 Å². The van der Waals surface area contributed by atoms with Gasteiger partial charge >= 0.3 is 0 Å². The highest BCUT2D eigenvalue weighted by atomic mass is 19.2. The second kappa shape index (κ2) is 6.79. The van der Waals surface area contributed by atoms with E-state index in [4.69, 9.17) is 0 Å². The minimum absolute atomic E-state index is 0.0980. The minimum Gasteiger partial charge on any atom is -0.356 e. The van der Waals surface area contributed by atoms with Crippen molar-refractivity contribution in [3.8, 4) is 0 Å². The van der Waals surface area contributed by atoms with E-state index in [1.807, 2.05) is 0 Å². The van der Waals surface area contributed by atoms with Gasteiger partial charge in [0.25, 0.3) is 0 Å². The van der Waals surface area contributed by atoms with Crippen LogP contribution in [0.1, 0.15) is 18.9 Å². The van der Waals surface area contributed by atoms with Crippen LogP contribution in [0.25, 0.3) is 0 Å². The molecular formula is C15H20F2N2O. The standard InChI is InChI=1S/C15H20F2N2O/c1-10-8-18-6-5-12(10)9-19-14(20)7-11-3-2-4-13(16)15(11)17/h2-4,10,12,18H,5-9H2,1H3,(H,19,20). The lowest BCUT2D eigenvalue weighted by Gasteiger charge is -2.29. The summed E-state index contributed by atoms with van der Waals surface area (Å²) in [6.45, 7) is 4.66. The molecule has 2 unspecified atom stereocenters. The second-order valence-electron chi connectivity index (χ2n) is 5.42. The van der Waals surface area contributed by atoms with Gasteiger partial charge in [0.2, 0.25) is 5.91 Å². The number of carbonyl (C=O) groups excluding carboxylic acids is 1. The largest absolute Gasteiger partial charge is 0.356 e. The summed E-state index contributed by atoms with van der Waals surface area (Å²) in [7, 11) is 0. The number of benzene rings is 1. The third kappa shape index (κ3) is 3.76. The Kier molecular flexibility index (Phi) is 5.06. The normalized spacial score (nSPS) is 22.6. The minimum atomic E-state index is -0.933. The Bertz CT molecular complexity index is 479. The number of hydrogen-bond donors (Lipinski definition) is 2. The third-order valence-electron chi connectivity index (χ3n) is 3.91. The highest BCUT2D eigenvalue weighted by molar-refractivity contribution is 5.78. The van der Waals surface area contributed by atoms with Gasteiger partial charge in [-0.05, 0) is 37.4 Å². The van der Waals surface area contributed by atoms with Crippen LogP contribution in [0.2, 0.25) is 0 Å². The molecule has 1 saturated heterocycles. The Labute approximate surface area is 117 Å². The van der Waals surface area contributed by atoms with Crippen molar-refractivity contribution in [1.29, 1.82) is 0 Å². The molecule has 1 amide bonds. The van der Waals surface area contributed by atoms with Crippen molar-refractivity contribution >= 4 is 5.91 Å². The van der Waals surface area contributed by atoms with E-state index in [0.717, 1.165) is 25.6 Å². The molecule has 1 aromatic rings. The van der Waals surface area contributed by atoms with Gasteiger partial charge in [-0.2, -0.15) is 0 Å². The summed E-state index contributed by atoms with van der Waals surface area (Å²) in [6.07, 6.45) is 0.902. The lowest BCUT2D eigenvalue weighted by Crippen LogP contribution is -2.41. The van der Waals surface area contributed by atoms with Crippen LogP contribution < -0.4 is 10.6 Å². The second-order valence-corrected chi connectivity index (χ2v) is 5.42. The molecule has 2 atom stereocenters. The number of amides is 1. The van der Waals surface area contributed by atoms with Crippen LogP contribution >= 0.6 is 0 Å². The predicted octanol–water partition coefficient (Wildman–Crippen LogP) is 1.87. The maximum absolute atomic E-state index is 13.5. The molecule has 0 saturated carbocycles. The smallest absolute Gasteiger partial charge is 0.224 e. The van der Waals surface area contributed by atoms with Crippen LogP contribution in [-0.4, -0.2) is 25.5 Å². The van der Waals surface area contributed by atoms with Gasteiger partial charge in [-0.15, -0.1) is 0 Å². The Balaban J connectivity index is 1.85. The Morgan fingerprint density at radius 3 is 3.00 bits per heavy atom. The first-order valence-corrected chi connectivity index (χ1v) is 6.98. The molecule has 0 bridgehead atoms. The zero-order valence-corrected chi connectivity index (χ0v) is 11.6. The lowest BCUT2D eigenvalue weighted by atomic mass is 9.88. The van der Waals surface area contributed by atoms with Crippen molar-refractivity contribution in [3.05, 3.63) is 35.4 Å². The van der Waals surface area contributed by atoms with Gasteiger partial charge in [-0.1, -0.05) is 19.1 Å². The molecule has 0 radical (unpaired) electrons. The number of hydrogen-bond acceptors (Lipinski definition) is 2. The van der Waals surface area contributed by atoms with Crippen molar-refractivity contribution < 1.29 is 13.6 Å². The summed E-state index contributed by atoms with van der Waals surface area (Å²) in [5, 5.41) is 6.12. The number of nitrogens with one attached hydrogen (secondary N) is 2. The van der Waals surface area contributed by atoms with Crippen molar-refractivity contribution in [2.75, 3.05) is 19.6 Å². The van der Waals surface area contributed by atoms with Gasteiger partial charge in [0.05, 0.1) is 6.42 Å². The number of rotatable bonds is 4. The summed E-state index contributed by atoms with van der Waals surface area (Å²) in [5.41, 5.74) is 0.0980. The van der Waals surface area contributed by atoms with E-state index < -0.39 is 11.6 Å². The average Bonchev–Trinajstić information content (AvgIpc) is 2.43. The monoisotopic (exact) mass is 282 g/mol. The zero-order chi connectivity index (χ0) is 14.5. The van der Waals surface area contributed by atoms with E-state index >= 15 is 0 Å². The zero-order valence-electron chi connectivity index (χ0n) is 11.6. The summed E-state index contributed by atoms with van der Waals surface area (Å²) >= 11 is 0. The van der Waals surface area contributed by atoms with Crippen LogP contribution in [0.4, 0.5) is 8.78 Å². The fourth-order valence-corrected chi connectivity index (χ4v) is 2.54. The fourth-order valence-electron chi connectivity index (χ4n) is 2.54. The molecule has 20 heavy (non-hydrogen) atoms. The summed E-state index contributed by atoms with van der Waals surface area (Å²) < 4.78 is 26.5. The van der Waals surface area contributed by atoms with Crippen molar-refractivity contribution in [2.24, 2.45) is 11.8 Å². The van der Waals surface area contributed by atoms with Gasteiger partial charge in [-0.3, -0.25) is 4.79 Å². The number of carbonyl (C=O) groups is 1. The van der Waals surface area contributed by atoms with Gasteiger partial charge in [-0.25, -0.2) is 8.78 Å². The van der Waals surface area contributed by atoms with Crippen LogP contribution in [0, 0.1) is 23.5 Å². The molecule has 1 aromatic carbocycles. The van der Waals surface area contributed by atoms with E-state index in [1.54, 1.807) is 0 Å². The summed E-state index contributed by atoms with van der Waals surface area (Å²) in [4.78, 5) is 11.8. The van der Waals surface area contributed by atoms with E-state index in [0.29, 0.717) is 18.4 Å². The van der Waals surface area contributed by atoms with E-state index in [9.17, 15) is 13.6 Å². The van der Waals surface area contributed by atoms with Gasteiger partial charge in [0, 0.05) is 12.1 Å². The van der Waals surface area contributed by atoms with E-state index in [2.05, 4.69) is 17.6 Å². The molecule has 5 heteroatoms. The molecule has 2 N–H and O–H groups in total. The van der Waals surface area contributed by atoms with Gasteiger partial charge in [0.1, 0.15) is 0 Å². The molecule has 110 valence electrons. The molecule has 1 aliphatic heterocycles. The number of piperidine rings is 1. The Morgan fingerprint density at radius 2 is 2.25 bits per heavy atom.